The number of benzene rings is 2. The van der Waals surface area contributed by atoms with E-state index in [-0.39, 0.29) is 10.8 Å². The lowest BCUT2D eigenvalue weighted by Gasteiger charge is -2.41. The molecule has 4 heterocycles. The summed E-state index contributed by atoms with van der Waals surface area (Å²) in [5, 5.41) is 9.90. The van der Waals surface area contributed by atoms with Crippen LogP contribution < -0.4 is 0 Å². The Morgan fingerprint density at radius 3 is 1.87 bits per heavy atom. The first-order valence-electron chi connectivity index (χ1n) is 14.4. The molecule has 0 spiro atoms. The average Bonchev–Trinajstić information content (AvgIpc) is 3.47. The van der Waals surface area contributed by atoms with Gasteiger partial charge in [0.2, 0.25) is 0 Å². The molecular formula is C32H46N4O2. The van der Waals surface area contributed by atoms with Crippen molar-refractivity contribution < 1.29 is 9.90 Å². The van der Waals surface area contributed by atoms with Crippen LogP contribution in [0.25, 0.3) is 0 Å². The zero-order valence-corrected chi connectivity index (χ0v) is 23.3. The largest absolute Gasteiger partial charge is 0.396 e. The Hall–Kier alpha value is -2.09. The third-order valence-electron chi connectivity index (χ3n) is 9.61. The number of fused-ring (bicyclic) bond motifs is 2. The van der Waals surface area contributed by atoms with Crippen LogP contribution in [0.2, 0.25) is 0 Å². The van der Waals surface area contributed by atoms with Crippen LogP contribution in [0.5, 0.6) is 0 Å². The smallest absolute Gasteiger partial charge is 0.129 e. The first-order valence-corrected chi connectivity index (χ1v) is 14.4. The van der Waals surface area contributed by atoms with Gasteiger partial charge in [0, 0.05) is 57.8 Å². The molecule has 6 heteroatoms. The van der Waals surface area contributed by atoms with Crippen molar-refractivity contribution in [3.05, 3.63) is 71.8 Å². The molecular weight excluding hydrogens is 472 g/mol. The van der Waals surface area contributed by atoms with Gasteiger partial charge in [0.05, 0.1) is 12.0 Å². The second kappa shape index (κ2) is 12.0. The summed E-state index contributed by atoms with van der Waals surface area (Å²) >= 11 is 0. The number of aliphatic hydroxyl groups excluding tert-OH is 1. The molecule has 4 fully saturated rings. The molecule has 4 aliphatic heterocycles. The SMILES string of the molecule is CN1CCC2CN(Cc3ccccc3)CC2(C=O)C1.CN1CCC2CN(Cc3ccccc3)CC2(CO)C1. The van der Waals surface area contributed by atoms with Gasteiger partial charge in [0.25, 0.3) is 0 Å². The highest BCUT2D eigenvalue weighted by Crippen LogP contribution is 2.42. The molecule has 6 rings (SSSR count). The highest BCUT2D eigenvalue weighted by molar-refractivity contribution is 5.62. The van der Waals surface area contributed by atoms with E-state index in [4.69, 9.17) is 0 Å². The molecule has 0 amide bonds. The first kappa shape index (κ1) is 27.5. The molecule has 206 valence electrons. The molecule has 0 bridgehead atoms. The summed E-state index contributed by atoms with van der Waals surface area (Å²) in [5.74, 6) is 1.21. The summed E-state index contributed by atoms with van der Waals surface area (Å²) in [6, 6.07) is 21.2. The number of rotatable bonds is 6. The Morgan fingerprint density at radius 1 is 0.763 bits per heavy atom. The number of carbonyl (C=O) groups excluding carboxylic acids is 1. The lowest BCUT2D eigenvalue weighted by Crippen LogP contribution is -2.49. The molecule has 4 atom stereocenters. The van der Waals surface area contributed by atoms with Crippen LogP contribution >= 0.6 is 0 Å². The molecule has 1 N–H and O–H groups in total. The zero-order chi connectivity index (χ0) is 26.6. The van der Waals surface area contributed by atoms with Crippen molar-refractivity contribution in [1.29, 1.82) is 0 Å². The monoisotopic (exact) mass is 518 g/mol. The summed E-state index contributed by atoms with van der Waals surface area (Å²) in [6.07, 6.45) is 3.61. The maximum Gasteiger partial charge on any atom is 0.129 e. The summed E-state index contributed by atoms with van der Waals surface area (Å²) in [5.41, 5.74) is 2.71. The van der Waals surface area contributed by atoms with Gasteiger partial charge in [-0.25, -0.2) is 0 Å². The van der Waals surface area contributed by atoms with E-state index in [0.717, 1.165) is 65.3 Å². The Balaban J connectivity index is 0.000000155. The van der Waals surface area contributed by atoms with Gasteiger partial charge in [-0.15, -0.1) is 0 Å². The van der Waals surface area contributed by atoms with E-state index in [1.165, 1.54) is 30.4 Å². The third kappa shape index (κ3) is 6.05. The molecule has 2 aromatic rings. The van der Waals surface area contributed by atoms with Crippen LogP contribution in [0.1, 0.15) is 24.0 Å². The average molecular weight is 519 g/mol. The van der Waals surface area contributed by atoms with Gasteiger partial charge in [0.15, 0.2) is 0 Å². The molecule has 4 saturated heterocycles. The lowest BCUT2D eigenvalue weighted by atomic mass is 9.74. The minimum Gasteiger partial charge on any atom is -0.396 e. The van der Waals surface area contributed by atoms with Crippen molar-refractivity contribution in [2.45, 2.75) is 25.9 Å². The second-order valence-electron chi connectivity index (χ2n) is 12.6. The third-order valence-corrected chi connectivity index (χ3v) is 9.61. The van der Waals surface area contributed by atoms with Gasteiger partial charge >= 0.3 is 0 Å². The molecule has 4 aliphatic rings. The Labute approximate surface area is 229 Å². The van der Waals surface area contributed by atoms with E-state index in [2.05, 4.69) is 94.4 Å². The first-order chi connectivity index (χ1) is 18.4. The Bertz CT molecular complexity index is 1040. The van der Waals surface area contributed by atoms with E-state index in [1.807, 2.05) is 0 Å². The fraction of sp³-hybridized carbons (Fsp3) is 0.594. The molecule has 4 unspecified atom stereocenters. The van der Waals surface area contributed by atoms with E-state index in [9.17, 15) is 9.90 Å². The van der Waals surface area contributed by atoms with Crippen molar-refractivity contribution in [2.75, 3.05) is 73.1 Å². The number of hydrogen-bond donors (Lipinski definition) is 1. The van der Waals surface area contributed by atoms with E-state index >= 15 is 0 Å². The Kier molecular flexibility index (Phi) is 8.65. The van der Waals surface area contributed by atoms with Crippen molar-refractivity contribution in [2.24, 2.45) is 22.7 Å². The minimum absolute atomic E-state index is 0.113. The van der Waals surface area contributed by atoms with Crippen LogP contribution in [-0.2, 0) is 17.9 Å². The molecule has 2 aromatic carbocycles. The number of nitrogens with zero attached hydrogens (tertiary/aromatic N) is 4. The van der Waals surface area contributed by atoms with E-state index in [0.29, 0.717) is 18.4 Å². The van der Waals surface area contributed by atoms with Gasteiger partial charge < -0.3 is 19.7 Å². The molecule has 6 nitrogen and oxygen atoms in total. The van der Waals surface area contributed by atoms with Crippen LogP contribution in [-0.4, -0.2) is 104 Å². The molecule has 0 saturated carbocycles. The van der Waals surface area contributed by atoms with Crippen LogP contribution in [0.15, 0.2) is 60.7 Å². The van der Waals surface area contributed by atoms with Crippen molar-refractivity contribution in [3.63, 3.8) is 0 Å². The summed E-state index contributed by atoms with van der Waals surface area (Å²) in [6.45, 7) is 10.7. The van der Waals surface area contributed by atoms with Crippen molar-refractivity contribution in [1.82, 2.24) is 19.6 Å². The lowest BCUT2D eigenvalue weighted by molar-refractivity contribution is -0.120. The normalized spacial score (nSPS) is 32.3. The molecule has 38 heavy (non-hydrogen) atoms. The highest BCUT2D eigenvalue weighted by Gasteiger charge is 2.49. The van der Waals surface area contributed by atoms with Gasteiger partial charge in [0.1, 0.15) is 6.29 Å². The Morgan fingerprint density at radius 2 is 1.29 bits per heavy atom. The fourth-order valence-corrected chi connectivity index (χ4v) is 7.66. The van der Waals surface area contributed by atoms with E-state index < -0.39 is 0 Å². The highest BCUT2D eigenvalue weighted by atomic mass is 16.3. The molecule has 0 radical (unpaired) electrons. The predicted molar refractivity (Wildman–Crippen MR) is 153 cm³/mol. The van der Waals surface area contributed by atoms with Gasteiger partial charge in [-0.05, 0) is 63.0 Å². The fourth-order valence-electron chi connectivity index (χ4n) is 7.66. The predicted octanol–water partition coefficient (Wildman–Crippen LogP) is 3.07. The summed E-state index contributed by atoms with van der Waals surface area (Å²) in [7, 11) is 4.30. The number of aldehydes is 1. The second-order valence-corrected chi connectivity index (χ2v) is 12.6. The number of hydrogen-bond acceptors (Lipinski definition) is 6. The van der Waals surface area contributed by atoms with Gasteiger partial charge in [-0.1, -0.05) is 60.7 Å². The number of likely N-dealkylation sites (tertiary alicyclic amines) is 4. The minimum atomic E-state index is -0.123. The summed E-state index contributed by atoms with van der Waals surface area (Å²) < 4.78 is 0. The number of piperidine rings is 2. The number of carbonyl (C=O) groups is 1. The van der Waals surface area contributed by atoms with Crippen LogP contribution in [0, 0.1) is 22.7 Å². The number of aliphatic hydroxyl groups is 1. The van der Waals surface area contributed by atoms with Gasteiger partial charge in [-0.2, -0.15) is 0 Å². The van der Waals surface area contributed by atoms with Gasteiger partial charge in [-0.3, -0.25) is 9.80 Å². The maximum atomic E-state index is 11.7. The van der Waals surface area contributed by atoms with Crippen LogP contribution in [0.4, 0.5) is 0 Å². The van der Waals surface area contributed by atoms with Crippen LogP contribution in [0.3, 0.4) is 0 Å². The zero-order valence-electron chi connectivity index (χ0n) is 23.3. The molecule has 0 aliphatic carbocycles. The topological polar surface area (TPSA) is 50.3 Å². The van der Waals surface area contributed by atoms with Crippen molar-refractivity contribution in [3.8, 4) is 0 Å². The van der Waals surface area contributed by atoms with Crippen molar-refractivity contribution >= 4 is 6.29 Å². The van der Waals surface area contributed by atoms with E-state index in [1.54, 1.807) is 0 Å². The maximum absolute atomic E-state index is 11.7. The quantitative estimate of drug-likeness (QED) is 0.594. The summed E-state index contributed by atoms with van der Waals surface area (Å²) in [4.78, 5) is 21.3. The molecule has 0 aromatic heterocycles. The standard InChI is InChI=1S/C16H24N2O.C16H22N2O/c2*1-17-8-7-15-10-18(12-16(15,11-17)13-19)9-14-5-3-2-4-6-14/h2-6,15,19H,7-13H2,1H3;2-6,13,15H,7-12H2,1H3.